The lowest BCUT2D eigenvalue weighted by atomic mass is 10.0. The number of pyridine rings is 1. The quantitative estimate of drug-likeness (QED) is 0.751. The maximum absolute atomic E-state index is 12.9. The highest BCUT2D eigenvalue weighted by molar-refractivity contribution is 7.92. The average molecular weight is 429 g/mol. The molecule has 2 heterocycles. The van der Waals surface area contributed by atoms with Crippen molar-refractivity contribution in [3.8, 4) is 0 Å². The first kappa shape index (κ1) is 21.1. The molecular formula is C23H32N4O2S. The molecule has 1 saturated heterocycles. The predicted molar refractivity (Wildman–Crippen MR) is 122 cm³/mol. The standard InChI is InChI=1S/C23H32N4O2S/c1-18(2)26-14-16-27(17-15-26)22-13-12-21(23(24-22)19-8-6-7-9-19)25-30(28,29)20-10-4-3-5-11-20/h3-5,10-13,18-19,25H,6-9,14-17H2,1-2H3. The summed E-state index contributed by atoms with van der Waals surface area (Å²) >= 11 is 0. The van der Waals surface area contributed by atoms with Gasteiger partial charge in [0.05, 0.1) is 16.3 Å². The third-order valence-corrected chi connectivity index (χ3v) is 7.70. The van der Waals surface area contributed by atoms with Crippen LogP contribution in [0, 0.1) is 0 Å². The van der Waals surface area contributed by atoms with E-state index in [1.54, 1.807) is 24.3 Å². The van der Waals surface area contributed by atoms with Crippen molar-refractivity contribution in [3.63, 3.8) is 0 Å². The number of nitrogens with one attached hydrogen (secondary N) is 1. The van der Waals surface area contributed by atoms with Crippen molar-refractivity contribution in [1.29, 1.82) is 0 Å². The predicted octanol–water partition coefficient (Wildman–Crippen LogP) is 4.07. The lowest BCUT2D eigenvalue weighted by Gasteiger charge is -2.37. The molecule has 1 aliphatic heterocycles. The molecule has 1 aliphatic carbocycles. The third-order valence-electron chi connectivity index (χ3n) is 6.32. The molecule has 4 rings (SSSR count). The molecule has 2 aliphatic rings. The van der Waals surface area contributed by atoms with Crippen LogP contribution in [0.25, 0.3) is 0 Å². The van der Waals surface area contributed by atoms with Gasteiger partial charge in [0, 0.05) is 38.1 Å². The minimum absolute atomic E-state index is 0.274. The van der Waals surface area contributed by atoms with E-state index in [2.05, 4.69) is 28.4 Å². The van der Waals surface area contributed by atoms with Crippen LogP contribution in [0.2, 0.25) is 0 Å². The van der Waals surface area contributed by atoms with Crippen LogP contribution in [0.4, 0.5) is 11.5 Å². The van der Waals surface area contributed by atoms with Gasteiger partial charge >= 0.3 is 0 Å². The number of hydrogen-bond acceptors (Lipinski definition) is 5. The number of benzene rings is 1. The monoisotopic (exact) mass is 428 g/mol. The molecule has 0 amide bonds. The Morgan fingerprint density at radius 1 is 0.967 bits per heavy atom. The largest absolute Gasteiger partial charge is 0.354 e. The van der Waals surface area contributed by atoms with Gasteiger partial charge in [-0.1, -0.05) is 31.0 Å². The fraction of sp³-hybridized carbons (Fsp3) is 0.522. The summed E-state index contributed by atoms with van der Waals surface area (Å²) in [6, 6.07) is 13.0. The van der Waals surface area contributed by atoms with E-state index in [1.807, 2.05) is 18.2 Å². The Kier molecular flexibility index (Phi) is 6.29. The van der Waals surface area contributed by atoms with Gasteiger partial charge in [0.25, 0.3) is 10.0 Å². The molecule has 1 saturated carbocycles. The molecule has 162 valence electrons. The van der Waals surface area contributed by atoms with Crippen LogP contribution in [0.1, 0.15) is 51.1 Å². The number of aromatic nitrogens is 1. The molecule has 7 heteroatoms. The Hall–Kier alpha value is -2.12. The van der Waals surface area contributed by atoms with E-state index in [9.17, 15) is 8.42 Å². The maximum Gasteiger partial charge on any atom is 0.261 e. The summed E-state index contributed by atoms with van der Waals surface area (Å²) in [7, 11) is -3.63. The first-order valence-corrected chi connectivity index (χ1v) is 12.5. The molecule has 1 N–H and O–H groups in total. The summed E-state index contributed by atoms with van der Waals surface area (Å²) in [6.07, 6.45) is 4.48. The second-order valence-electron chi connectivity index (χ2n) is 8.62. The first-order chi connectivity index (χ1) is 14.4. The van der Waals surface area contributed by atoms with Crippen LogP contribution in [-0.4, -0.2) is 50.5 Å². The zero-order valence-corrected chi connectivity index (χ0v) is 18.7. The molecule has 1 aromatic heterocycles. The van der Waals surface area contributed by atoms with Gasteiger partial charge in [0.15, 0.2) is 0 Å². The van der Waals surface area contributed by atoms with Crippen LogP contribution >= 0.6 is 0 Å². The van der Waals surface area contributed by atoms with Gasteiger partial charge in [0.2, 0.25) is 0 Å². The Balaban J connectivity index is 1.60. The molecule has 6 nitrogen and oxygen atoms in total. The lowest BCUT2D eigenvalue weighted by molar-refractivity contribution is 0.209. The highest BCUT2D eigenvalue weighted by Crippen LogP contribution is 2.38. The zero-order valence-electron chi connectivity index (χ0n) is 17.9. The second kappa shape index (κ2) is 8.94. The molecule has 0 spiro atoms. The molecule has 1 aromatic carbocycles. The van der Waals surface area contributed by atoms with Crippen LogP contribution in [0.3, 0.4) is 0 Å². The van der Waals surface area contributed by atoms with Gasteiger partial charge in [-0.15, -0.1) is 0 Å². The minimum atomic E-state index is -3.63. The van der Waals surface area contributed by atoms with Crippen molar-refractivity contribution in [2.24, 2.45) is 0 Å². The fourth-order valence-electron chi connectivity index (χ4n) is 4.51. The number of piperazine rings is 1. The Morgan fingerprint density at radius 2 is 1.63 bits per heavy atom. The van der Waals surface area contributed by atoms with Crippen molar-refractivity contribution in [1.82, 2.24) is 9.88 Å². The maximum atomic E-state index is 12.9. The number of rotatable bonds is 6. The highest BCUT2D eigenvalue weighted by atomic mass is 32.2. The molecule has 2 aromatic rings. The van der Waals surface area contributed by atoms with Gasteiger partial charge in [-0.05, 0) is 51.0 Å². The van der Waals surface area contributed by atoms with Crippen molar-refractivity contribution in [3.05, 3.63) is 48.2 Å². The van der Waals surface area contributed by atoms with Gasteiger partial charge < -0.3 is 4.90 Å². The van der Waals surface area contributed by atoms with E-state index in [0.717, 1.165) is 50.5 Å². The summed E-state index contributed by atoms with van der Waals surface area (Å²) in [5.74, 6) is 1.28. The van der Waals surface area contributed by atoms with Gasteiger partial charge in [0.1, 0.15) is 5.82 Å². The van der Waals surface area contributed by atoms with E-state index in [1.165, 1.54) is 12.8 Å². The van der Waals surface area contributed by atoms with Crippen LogP contribution in [0.15, 0.2) is 47.4 Å². The molecule has 0 radical (unpaired) electrons. The normalized spacial score (nSPS) is 18.8. The van der Waals surface area contributed by atoms with E-state index in [4.69, 9.17) is 4.98 Å². The summed E-state index contributed by atoms with van der Waals surface area (Å²) in [5.41, 5.74) is 1.52. The second-order valence-corrected chi connectivity index (χ2v) is 10.3. The molecule has 30 heavy (non-hydrogen) atoms. The Morgan fingerprint density at radius 3 is 2.27 bits per heavy atom. The summed E-state index contributed by atoms with van der Waals surface area (Å²) in [5, 5.41) is 0. The number of sulfonamides is 1. The zero-order chi connectivity index (χ0) is 21.1. The topological polar surface area (TPSA) is 65.5 Å². The summed E-state index contributed by atoms with van der Waals surface area (Å²) in [6.45, 7) is 8.43. The van der Waals surface area contributed by atoms with E-state index < -0.39 is 10.0 Å². The number of anilines is 2. The van der Waals surface area contributed by atoms with Gasteiger partial charge in [-0.2, -0.15) is 0 Å². The highest BCUT2D eigenvalue weighted by Gasteiger charge is 2.26. The van der Waals surface area contributed by atoms with E-state index >= 15 is 0 Å². The number of nitrogens with zero attached hydrogens (tertiary/aromatic N) is 3. The lowest BCUT2D eigenvalue weighted by Crippen LogP contribution is -2.49. The summed E-state index contributed by atoms with van der Waals surface area (Å²) in [4.78, 5) is 10.1. The fourth-order valence-corrected chi connectivity index (χ4v) is 5.60. The molecule has 0 unspecified atom stereocenters. The van der Waals surface area contributed by atoms with Crippen molar-refractivity contribution >= 4 is 21.5 Å². The Bertz CT molecular complexity index is 948. The molecule has 2 fully saturated rings. The van der Waals surface area contributed by atoms with E-state index in [-0.39, 0.29) is 4.90 Å². The number of hydrogen-bond donors (Lipinski definition) is 1. The van der Waals surface area contributed by atoms with Crippen molar-refractivity contribution in [2.75, 3.05) is 35.8 Å². The minimum Gasteiger partial charge on any atom is -0.354 e. The Labute approximate surface area is 180 Å². The van der Waals surface area contributed by atoms with Crippen LogP contribution in [0.5, 0.6) is 0 Å². The third kappa shape index (κ3) is 4.62. The van der Waals surface area contributed by atoms with Gasteiger partial charge in [-0.25, -0.2) is 13.4 Å². The van der Waals surface area contributed by atoms with Crippen molar-refractivity contribution in [2.45, 2.75) is 56.4 Å². The smallest absolute Gasteiger partial charge is 0.261 e. The molecule has 0 bridgehead atoms. The molecule has 0 atom stereocenters. The molecular weight excluding hydrogens is 396 g/mol. The van der Waals surface area contributed by atoms with Crippen molar-refractivity contribution < 1.29 is 8.42 Å². The van der Waals surface area contributed by atoms with E-state index in [0.29, 0.717) is 17.6 Å². The first-order valence-electron chi connectivity index (χ1n) is 11.0. The van der Waals surface area contributed by atoms with Crippen LogP contribution < -0.4 is 9.62 Å². The van der Waals surface area contributed by atoms with Gasteiger partial charge in [-0.3, -0.25) is 9.62 Å². The SMILES string of the molecule is CC(C)N1CCN(c2ccc(NS(=O)(=O)c3ccccc3)c(C3CCCC3)n2)CC1. The van der Waals surface area contributed by atoms with Crippen LogP contribution in [-0.2, 0) is 10.0 Å². The summed E-state index contributed by atoms with van der Waals surface area (Å²) < 4.78 is 28.6. The average Bonchev–Trinajstić information content (AvgIpc) is 3.29.